The summed E-state index contributed by atoms with van der Waals surface area (Å²) >= 11 is 5.01. The van der Waals surface area contributed by atoms with Crippen LogP contribution < -0.4 is 9.64 Å². The molecule has 0 aliphatic rings. The SMILES string of the molecule is CCN(C(=O)O)c1ccc2nc(/C=C/c3ccc(OCOC)c(Br)c3)sc2c1. The molecule has 3 aromatic rings. The number of methoxy groups -OCH3 is 1. The predicted octanol–water partition coefficient (Wildman–Crippen LogP) is 5.72. The van der Waals surface area contributed by atoms with Gasteiger partial charge in [0.2, 0.25) is 0 Å². The zero-order valence-corrected chi connectivity index (χ0v) is 17.8. The van der Waals surface area contributed by atoms with Crippen LogP contribution in [0.15, 0.2) is 40.9 Å². The molecule has 146 valence electrons. The number of aromatic nitrogens is 1. The fourth-order valence-electron chi connectivity index (χ4n) is 2.63. The van der Waals surface area contributed by atoms with E-state index in [1.165, 1.54) is 16.2 Å². The maximum atomic E-state index is 11.3. The van der Waals surface area contributed by atoms with Crippen molar-refractivity contribution in [3.05, 3.63) is 51.4 Å². The Labute approximate surface area is 175 Å². The first-order valence-electron chi connectivity index (χ1n) is 8.52. The van der Waals surface area contributed by atoms with Gasteiger partial charge in [0.15, 0.2) is 6.79 Å². The third-order valence-corrected chi connectivity index (χ3v) is 5.56. The number of carboxylic acid groups (broad SMARTS) is 1. The summed E-state index contributed by atoms with van der Waals surface area (Å²) in [4.78, 5) is 17.2. The Morgan fingerprint density at radius 3 is 2.79 bits per heavy atom. The van der Waals surface area contributed by atoms with E-state index in [1.54, 1.807) is 13.2 Å². The molecule has 0 saturated carbocycles. The van der Waals surface area contributed by atoms with Gasteiger partial charge in [-0.2, -0.15) is 0 Å². The van der Waals surface area contributed by atoms with E-state index in [1.807, 2.05) is 49.4 Å². The Bertz CT molecular complexity index is 1020. The van der Waals surface area contributed by atoms with Gasteiger partial charge in [0.1, 0.15) is 10.8 Å². The number of hydrogen-bond donors (Lipinski definition) is 1. The van der Waals surface area contributed by atoms with E-state index in [2.05, 4.69) is 20.9 Å². The minimum absolute atomic E-state index is 0.193. The fourth-order valence-corrected chi connectivity index (χ4v) is 4.04. The first-order chi connectivity index (χ1) is 13.5. The number of thiazole rings is 1. The molecule has 1 amide bonds. The maximum absolute atomic E-state index is 11.3. The standard InChI is InChI=1S/C20H19BrN2O4S/c1-3-23(20(24)25)14-6-7-16-18(11-14)28-19(22-16)9-5-13-4-8-17(15(21)10-13)27-12-26-2/h4-11H,3,12H2,1-2H3,(H,24,25)/b9-5+. The summed E-state index contributed by atoms with van der Waals surface area (Å²) in [5, 5.41) is 10.1. The van der Waals surface area contributed by atoms with E-state index < -0.39 is 6.09 Å². The van der Waals surface area contributed by atoms with Gasteiger partial charge in [-0.25, -0.2) is 9.78 Å². The largest absolute Gasteiger partial charge is 0.466 e. The summed E-state index contributed by atoms with van der Waals surface area (Å²) in [5.41, 5.74) is 2.50. The van der Waals surface area contributed by atoms with Crippen molar-refractivity contribution in [2.45, 2.75) is 6.92 Å². The zero-order chi connectivity index (χ0) is 20.1. The average Bonchev–Trinajstić information content (AvgIpc) is 3.08. The van der Waals surface area contributed by atoms with Crippen molar-refractivity contribution in [1.29, 1.82) is 0 Å². The number of carbonyl (C=O) groups is 1. The first-order valence-corrected chi connectivity index (χ1v) is 10.1. The monoisotopic (exact) mass is 462 g/mol. The molecule has 1 aromatic heterocycles. The molecule has 0 atom stereocenters. The summed E-state index contributed by atoms with van der Waals surface area (Å²) in [5.74, 6) is 0.713. The van der Waals surface area contributed by atoms with Gasteiger partial charge in [0, 0.05) is 19.3 Å². The number of halogens is 1. The van der Waals surface area contributed by atoms with Gasteiger partial charge in [-0.3, -0.25) is 4.90 Å². The summed E-state index contributed by atoms with van der Waals surface area (Å²) < 4.78 is 12.1. The molecule has 1 heterocycles. The van der Waals surface area contributed by atoms with Crippen LogP contribution in [0.3, 0.4) is 0 Å². The van der Waals surface area contributed by atoms with Crippen molar-refractivity contribution in [2.75, 3.05) is 25.3 Å². The van der Waals surface area contributed by atoms with Crippen LogP contribution in [-0.2, 0) is 4.74 Å². The number of fused-ring (bicyclic) bond motifs is 1. The number of ether oxygens (including phenoxy) is 2. The van der Waals surface area contributed by atoms with E-state index in [0.29, 0.717) is 18.0 Å². The second kappa shape index (κ2) is 9.18. The van der Waals surface area contributed by atoms with Crippen LogP contribution in [0.2, 0.25) is 0 Å². The highest BCUT2D eigenvalue weighted by molar-refractivity contribution is 9.10. The molecule has 2 aromatic carbocycles. The number of hydrogen-bond acceptors (Lipinski definition) is 5. The highest BCUT2D eigenvalue weighted by Crippen LogP contribution is 2.29. The second-order valence-corrected chi connectivity index (χ2v) is 7.72. The highest BCUT2D eigenvalue weighted by Gasteiger charge is 2.13. The van der Waals surface area contributed by atoms with Crippen LogP contribution in [-0.4, -0.2) is 36.6 Å². The number of rotatable bonds is 7. The molecule has 28 heavy (non-hydrogen) atoms. The Morgan fingerprint density at radius 1 is 1.29 bits per heavy atom. The van der Waals surface area contributed by atoms with Gasteiger partial charge >= 0.3 is 6.09 Å². The summed E-state index contributed by atoms with van der Waals surface area (Å²) in [6.07, 6.45) is 2.95. The first kappa shape index (κ1) is 20.3. The third kappa shape index (κ3) is 4.70. The average molecular weight is 463 g/mol. The molecule has 0 bridgehead atoms. The Kier molecular flexibility index (Phi) is 6.66. The summed E-state index contributed by atoms with van der Waals surface area (Å²) in [6, 6.07) is 11.3. The van der Waals surface area contributed by atoms with Crippen LogP contribution in [0.1, 0.15) is 17.5 Å². The van der Waals surface area contributed by atoms with Gasteiger partial charge in [-0.15, -0.1) is 11.3 Å². The molecule has 0 aliphatic heterocycles. The molecule has 8 heteroatoms. The lowest BCUT2D eigenvalue weighted by molar-refractivity contribution is 0.0506. The molecule has 0 aliphatic carbocycles. The van der Waals surface area contributed by atoms with Crippen molar-refractivity contribution in [3.8, 4) is 5.75 Å². The van der Waals surface area contributed by atoms with Crippen molar-refractivity contribution in [2.24, 2.45) is 0 Å². The Balaban J connectivity index is 1.80. The van der Waals surface area contributed by atoms with Crippen molar-refractivity contribution in [3.63, 3.8) is 0 Å². The van der Waals surface area contributed by atoms with Crippen LogP contribution >= 0.6 is 27.3 Å². The molecule has 0 fully saturated rings. The Hall–Kier alpha value is -2.42. The van der Waals surface area contributed by atoms with Crippen molar-refractivity contribution < 1.29 is 19.4 Å². The maximum Gasteiger partial charge on any atom is 0.411 e. The molecular weight excluding hydrogens is 444 g/mol. The fraction of sp³-hybridized carbons (Fsp3) is 0.200. The van der Waals surface area contributed by atoms with Crippen molar-refractivity contribution >= 4 is 61.4 Å². The van der Waals surface area contributed by atoms with Gasteiger partial charge in [-0.05, 0) is 64.8 Å². The van der Waals surface area contributed by atoms with E-state index in [9.17, 15) is 9.90 Å². The van der Waals surface area contributed by atoms with E-state index in [4.69, 9.17) is 9.47 Å². The van der Waals surface area contributed by atoms with E-state index in [0.717, 1.165) is 25.3 Å². The number of amides is 1. The minimum Gasteiger partial charge on any atom is -0.466 e. The quantitative estimate of drug-likeness (QED) is 0.454. The number of benzene rings is 2. The van der Waals surface area contributed by atoms with Crippen LogP contribution in [0.5, 0.6) is 5.75 Å². The highest BCUT2D eigenvalue weighted by atomic mass is 79.9. The van der Waals surface area contributed by atoms with Gasteiger partial charge in [0.05, 0.1) is 14.7 Å². The van der Waals surface area contributed by atoms with Crippen LogP contribution in [0, 0.1) is 0 Å². The second-order valence-electron chi connectivity index (χ2n) is 5.81. The van der Waals surface area contributed by atoms with Crippen molar-refractivity contribution in [1.82, 2.24) is 4.98 Å². The smallest absolute Gasteiger partial charge is 0.411 e. The van der Waals surface area contributed by atoms with Gasteiger partial charge in [-0.1, -0.05) is 12.1 Å². The van der Waals surface area contributed by atoms with E-state index >= 15 is 0 Å². The third-order valence-electron chi connectivity index (χ3n) is 3.95. The van der Waals surface area contributed by atoms with E-state index in [-0.39, 0.29) is 6.79 Å². The lowest BCUT2D eigenvalue weighted by Crippen LogP contribution is -2.28. The predicted molar refractivity (Wildman–Crippen MR) is 116 cm³/mol. The summed E-state index contributed by atoms with van der Waals surface area (Å²) in [7, 11) is 1.58. The topological polar surface area (TPSA) is 71.9 Å². The molecule has 1 N–H and O–H groups in total. The van der Waals surface area contributed by atoms with Gasteiger partial charge < -0.3 is 14.6 Å². The molecule has 3 rings (SSSR count). The molecule has 0 spiro atoms. The molecular formula is C20H19BrN2O4S. The zero-order valence-electron chi connectivity index (χ0n) is 15.4. The summed E-state index contributed by atoms with van der Waals surface area (Å²) in [6.45, 7) is 2.40. The molecule has 0 saturated heterocycles. The van der Waals surface area contributed by atoms with Gasteiger partial charge in [0.25, 0.3) is 0 Å². The molecule has 0 radical (unpaired) electrons. The lowest BCUT2D eigenvalue weighted by atomic mass is 10.2. The minimum atomic E-state index is -0.963. The normalized spacial score (nSPS) is 11.2. The number of anilines is 1. The molecule has 6 nitrogen and oxygen atoms in total. The molecule has 0 unspecified atom stereocenters. The van der Waals surface area contributed by atoms with Crippen LogP contribution in [0.25, 0.3) is 22.4 Å². The Morgan fingerprint density at radius 2 is 2.11 bits per heavy atom. The lowest BCUT2D eigenvalue weighted by Gasteiger charge is -2.16. The number of nitrogens with zero attached hydrogens (tertiary/aromatic N) is 2. The van der Waals surface area contributed by atoms with Crippen LogP contribution in [0.4, 0.5) is 10.5 Å².